The molecule has 0 aliphatic carbocycles. The van der Waals surface area contributed by atoms with Gasteiger partial charge in [0.25, 0.3) is 0 Å². The number of benzene rings is 1. The van der Waals surface area contributed by atoms with Crippen molar-refractivity contribution < 1.29 is 4.39 Å². The van der Waals surface area contributed by atoms with Crippen LogP contribution in [0.15, 0.2) is 35.5 Å². The lowest BCUT2D eigenvalue weighted by atomic mass is 10.2. The third kappa shape index (κ3) is 3.29. The van der Waals surface area contributed by atoms with E-state index in [1.807, 2.05) is 0 Å². The Morgan fingerprint density at radius 1 is 1.43 bits per heavy atom. The summed E-state index contributed by atoms with van der Waals surface area (Å²) in [6.45, 7) is 0.404. The molecule has 0 amide bonds. The van der Waals surface area contributed by atoms with Gasteiger partial charge in [0, 0.05) is 17.0 Å². The van der Waals surface area contributed by atoms with Crippen LogP contribution in [0.2, 0.25) is 0 Å². The normalized spacial score (nSPS) is 10.1. The fourth-order valence-corrected chi connectivity index (χ4v) is 0.998. The van der Waals surface area contributed by atoms with Crippen LogP contribution >= 0.6 is 0 Å². The third-order valence-corrected chi connectivity index (χ3v) is 1.66. The molecule has 0 unspecified atom stereocenters. The van der Waals surface area contributed by atoms with Crippen LogP contribution in [0.5, 0.6) is 0 Å². The molecule has 0 fully saturated rings. The van der Waals surface area contributed by atoms with E-state index in [-0.39, 0.29) is 5.82 Å². The fraction of sp³-hybridized carbons (Fsp3) is 0.200. The highest BCUT2D eigenvalue weighted by Gasteiger charge is 1.93. The molecule has 0 spiro atoms. The van der Waals surface area contributed by atoms with E-state index < -0.39 is 0 Å². The first-order valence-corrected chi connectivity index (χ1v) is 4.26. The highest BCUT2D eigenvalue weighted by atomic mass is 19.1. The molecule has 14 heavy (non-hydrogen) atoms. The summed E-state index contributed by atoms with van der Waals surface area (Å²) < 4.78 is 13.0. The summed E-state index contributed by atoms with van der Waals surface area (Å²) in [7, 11) is 0. The minimum absolute atomic E-state index is 0.243. The predicted molar refractivity (Wildman–Crippen MR) is 54.1 cm³/mol. The summed E-state index contributed by atoms with van der Waals surface area (Å²) in [6.07, 6.45) is 4.09. The molecule has 0 bridgehead atoms. The van der Waals surface area contributed by atoms with Crippen molar-refractivity contribution >= 4 is 6.08 Å². The van der Waals surface area contributed by atoms with Crippen molar-refractivity contribution in [1.82, 2.24) is 0 Å². The maximum absolute atomic E-state index is 13.0. The van der Waals surface area contributed by atoms with E-state index in [0.717, 1.165) is 0 Å². The van der Waals surface area contributed by atoms with E-state index in [2.05, 4.69) is 10.0 Å². The number of nitrogens with zero attached hydrogens (tertiary/aromatic N) is 3. The van der Waals surface area contributed by atoms with Gasteiger partial charge in [-0.3, -0.25) is 0 Å². The second-order valence-electron chi connectivity index (χ2n) is 2.67. The molecular weight excluding hydrogens is 181 g/mol. The Labute approximate surface area is 81.5 Å². The van der Waals surface area contributed by atoms with E-state index in [0.29, 0.717) is 18.5 Å². The number of halogens is 1. The van der Waals surface area contributed by atoms with Crippen LogP contribution in [-0.2, 0) is 0 Å². The zero-order chi connectivity index (χ0) is 10.2. The molecule has 0 saturated heterocycles. The molecule has 0 aromatic heterocycles. The fourth-order valence-electron chi connectivity index (χ4n) is 0.998. The molecule has 72 valence electrons. The molecule has 0 aliphatic heterocycles. The Morgan fingerprint density at radius 2 is 2.21 bits per heavy atom. The van der Waals surface area contributed by atoms with Crippen LogP contribution in [0.3, 0.4) is 0 Å². The van der Waals surface area contributed by atoms with Crippen LogP contribution in [-0.4, -0.2) is 6.54 Å². The van der Waals surface area contributed by atoms with Crippen molar-refractivity contribution in [2.45, 2.75) is 6.42 Å². The summed E-state index contributed by atoms with van der Waals surface area (Å²) in [5.74, 6) is -0.243. The Morgan fingerprint density at radius 3 is 2.93 bits per heavy atom. The second kappa shape index (κ2) is 5.78. The molecule has 1 aromatic rings. The quantitative estimate of drug-likeness (QED) is 0.302. The second-order valence-corrected chi connectivity index (χ2v) is 2.67. The average Bonchev–Trinajstić information content (AvgIpc) is 2.20. The maximum Gasteiger partial charge on any atom is 0.130 e. The summed E-state index contributed by atoms with van der Waals surface area (Å²) in [5, 5.41) is 3.36. The lowest BCUT2D eigenvalue weighted by Gasteiger charge is -1.94. The number of hydrogen-bond donors (Lipinski definition) is 0. The molecule has 0 heterocycles. The van der Waals surface area contributed by atoms with Crippen LogP contribution in [0.4, 0.5) is 4.39 Å². The Bertz CT molecular complexity index is 367. The predicted octanol–water partition coefficient (Wildman–Crippen LogP) is 3.54. The summed E-state index contributed by atoms with van der Waals surface area (Å²) in [5.41, 5.74) is 8.55. The first-order chi connectivity index (χ1) is 6.84. The number of rotatable bonds is 4. The average molecular weight is 191 g/mol. The van der Waals surface area contributed by atoms with Gasteiger partial charge in [0.2, 0.25) is 0 Å². The van der Waals surface area contributed by atoms with E-state index >= 15 is 0 Å². The van der Waals surface area contributed by atoms with Gasteiger partial charge in [0.05, 0.1) is 0 Å². The van der Waals surface area contributed by atoms with E-state index in [1.165, 1.54) is 6.07 Å². The minimum atomic E-state index is -0.243. The number of azide groups is 1. The largest absolute Gasteiger partial charge is 0.206 e. The van der Waals surface area contributed by atoms with Gasteiger partial charge < -0.3 is 0 Å². The topological polar surface area (TPSA) is 48.8 Å². The van der Waals surface area contributed by atoms with Gasteiger partial charge in [-0.2, -0.15) is 0 Å². The Hall–Kier alpha value is -1.80. The van der Waals surface area contributed by atoms with Crippen LogP contribution in [0.25, 0.3) is 16.5 Å². The Kier molecular flexibility index (Phi) is 4.24. The molecule has 3 nitrogen and oxygen atoms in total. The molecule has 0 N–H and O–H groups in total. The third-order valence-electron chi connectivity index (χ3n) is 1.66. The number of hydrogen-bond acceptors (Lipinski definition) is 1. The Balaban J connectivity index is 2.51. The first-order valence-electron chi connectivity index (χ1n) is 4.26. The molecule has 0 saturated carbocycles. The van der Waals surface area contributed by atoms with Crippen LogP contribution in [0.1, 0.15) is 12.0 Å². The van der Waals surface area contributed by atoms with Gasteiger partial charge >= 0.3 is 0 Å². The maximum atomic E-state index is 13.0. The lowest BCUT2D eigenvalue weighted by molar-refractivity contribution is 0.625. The standard InChI is InChI=1S/C10H10FN3/c11-10-7-2-1-5-9(10)6-3-4-8-13-14-12/h1-3,5-7H,4,8H2. The summed E-state index contributed by atoms with van der Waals surface area (Å²) in [4.78, 5) is 2.61. The van der Waals surface area contributed by atoms with Crippen LogP contribution < -0.4 is 0 Å². The van der Waals surface area contributed by atoms with E-state index in [1.54, 1.807) is 30.4 Å². The van der Waals surface area contributed by atoms with Crippen molar-refractivity contribution in [1.29, 1.82) is 0 Å². The molecule has 0 atom stereocenters. The van der Waals surface area contributed by atoms with Crippen LogP contribution in [0, 0.1) is 5.82 Å². The van der Waals surface area contributed by atoms with Gasteiger partial charge in [-0.05, 0) is 18.0 Å². The summed E-state index contributed by atoms with van der Waals surface area (Å²) in [6, 6.07) is 6.52. The highest BCUT2D eigenvalue weighted by molar-refractivity contribution is 5.49. The SMILES string of the molecule is [N-]=[N+]=NCCC=Cc1ccccc1F. The van der Waals surface area contributed by atoms with Gasteiger partial charge in [0.1, 0.15) is 5.82 Å². The molecule has 1 rings (SSSR count). The zero-order valence-corrected chi connectivity index (χ0v) is 7.60. The highest BCUT2D eigenvalue weighted by Crippen LogP contribution is 2.08. The van der Waals surface area contributed by atoms with E-state index in [9.17, 15) is 4.39 Å². The van der Waals surface area contributed by atoms with Crippen molar-refractivity contribution in [2.75, 3.05) is 6.54 Å². The minimum Gasteiger partial charge on any atom is -0.206 e. The smallest absolute Gasteiger partial charge is 0.130 e. The molecule has 1 aromatic carbocycles. The molecular formula is C10H10FN3. The molecule has 0 aliphatic rings. The van der Waals surface area contributed by atoms with Crippen molar-refractivity contribution in [3.63, 3.8) is 0 Å². The summed E-state index contributed by atoms with van der Waals surface area (Å²) >= 11 is 0. The van der Waals surface area contributed by atoms with E-state index in [4.69, 9.17) is 5.53 Å². The van der Waals surface area contributed by atoms with Gasteiger partial charge in [0.15, 0.2) is 0 Å². The lowest BCUT2D eigenvalue weighted by Crippen LogP contribution is -1.79. The zero-order valence-electron chi connectivity index (χ0n) is 7.60. The van der Waals surface area contributed by atoms with Gasteiger partial charge in [-0.25, -0.2) is 4.39 Å². The van der Waals surface area contributed by atoms with Crippen molar-refractivity contribution in [3.05, 3.63) is 52.2 Å². The monoisotopic (exact) mass is 191 g/mol. The molecule has 4 heteroatoms. The van der Waals surface area contributed by atoms with Gasteiger partial charge in [-0.15, -0.1) is 0 Å². The first kappa shape index (κ1) is 10.3. The van der Waals surface area contributed by atoms with Gasteiger partial charge in [-0.1, -0.05) is 35.5 Å². The van der Waals surface area contributed by atoms with Crippen molar-refractivity contribution in [3.8, 4) is 0 Å². The molecule has 0 radical (unpaired) electrons. The van der Waals surface area contributed by atoms with Crippen molar-refractivity contribution in [2.24, 2.45) is 5.11 Å².